The summed E-state index contributed by atoms with van der Waals surface area (Å²) in [6.45, 7) is 3.52. The highest BCUT2D eigenvalue weighted by Gasteiger charge is 2.32. The maximum absolute atomic E-state index is 12.8. The van der Waals surface area contributed by atoms with E-state index >= 15 is 0 Å². The fourth-order valence-electron chi connectivity index (χ4n) is 3.56. The zero-order chi connectivity index (χ0) is 17.6. The van der Waals surface area contributed by atoms with Crippen LogP contribution in [0.2, 0.25) is 0 Å². The van der Waals surface area contributed by atoms with Crippen LogP contribution in [0.1, 0.15) is 35.0 Å². The lowest BCUT2D eigenvalue weighted by Gasteiger charge is -2.38. The van der Waals surface area contributed by atoms with Crippen LogP contribution in [0.15, 0.2) is 48.7 Å². The van der Waals surface area contributed by atoms with Gasteiger partial charge in [0.05, 0.1) is 11.7 Å². The van der Waals surface area contributed by atoms with Crippen molar-refractivity contribution in [3.8, 4) is 0 Å². The van der Waals surface area contributed by atoms with Crippen molar-refractivity contribution in [3.05, 3.63) is 65.5 Å². The minimum absolute atomic E-state index is 0.0720. The standard InChI is InChI=1S/C21H26N2O2/c1-3-19-10-9-17(14-22-19)21(24)23-12-11-20(25-2)18(15-23)13-16-7-5-4-6-8-16/h4-10,14,18,20H,3,11-13,15H2,1-2H3/t18-,20-/m1/s1. The molecular formula is C21H26N2O2. The maximum Gasteiger partial charge on any atom is 0.255 e. The number of methoxy groups -OCH3 is 1. The number of hydrogen-bond acceptors (Lipinski definition) is 3. The first-order valence-electron chi connectivity index (χ1n) is 9.02. The molecule has 4 heteroatoms. The maximum atomic E-state index is 12.8. The van der Waals surface area contributed by atoms with Crippen LogP contribution >= 0.6 is 0 Å². The van der Waals surface area contributed by atoms with Crippen LogP contribution in [0.4, 0.5) is 0 Å². The van der Waals surface area contributed by atoms with Crippen LogP contribution < -0.4 is 0 Å². The van der Waals surface area contributed by atoms with E-state index in [1.165, 1.54) is 5.56 Å². The quantitative estimate of drug-likeness (QED) is 0.839. The Labute approximate surface area is 149 Å². The molecule has 1 fully saturated rings. The summed E-state index contributed by atoms with van der Waals surface area (Å²) in [4.78, 5) is 19.1. The highest BCUT2D eigenvalue weighted by molar-refractivity contribution is 5.94. The van der Waals surface area contributed by atoms with Crippen LogP contribution in [-0.4, -0.2) is 42.1 Å². The number of nitrogens with zero attached hydrogens (tertiary/aromatic N) is 2. The molecule has 2 aromatic rings. The summed E-state index contributed by atoms with van der Waals surface area (Å²) in [7, 11) is 1.77. The molecule has 0 spiro atoms. The van der Waals surface area contributed by atoms with E-state index < -0.39 is 0 Å². The number of hydrogen-bond donors (Lipinski definition) is 0. The smallest absolute Gasteiger partial charge is 0.255 e. The van der Waals surface area contributed by atoms with E-state index in [0.717, 1.165) is 38.0 Å². The zero-order valence-electron chi connectivity index (χ0n) is 15.0. The number of piperidine rings is 1. The minimum atomic E-state index is 0.0720. The minimum Gasteiger partial charge on any atom is -0.381 e. The second-order valence-electron chi connectivity index (χ2n) is 6.66. The summed E-state index contributed by atoms with van der Waals surface area (Å²) in [6, 6.07) is 14.3. The Morgan fingerprint density at radius 1 is 1.24 bits per heavy atom. The summed E-state index contributed by atoms with van der Waals surface area (Å²) < 4.78 is 5.69. The number of rotatable bonds is 5. The van der Waals surface area contributed by atoms with Crippen molar-refractivity contribution in [2.45, 2.75) is 32.3 Å². The first-order chi connectivity index (χ1) is 12.2. The summed E-state index contributed by atoms with van der Waals surface area (Å²) >= 11 is 0. The SMILES string of the molecule is CCc1ccc(C(=O)N2CC[C@@H](OC)[C@H](Cc3ccccc3)C2)cn1. The Bertz CT molecular complexity index is 685. The van der Waals surface area contributed by atoms with Crippen molar-refractivity contribution < 1.29 is 9.53 Å². The number of carbonyl (C=O) groups excluding carboxylic acids is 1. The number of likely N-dealkylation sites (tertiary alicyclic amines) is 1. The van der Waals surface area contributed by atoms with Gasteiger partial charge >= 0.3 is 0 Å². The van der Waals surface area contributed by atoms with Crippen molar-refractivity contribution in [1.82, 2.24) is 9.88 Å². The average molecular weight is 338 g/mol. The van der Waals surface area contributed by atoms with Gasteiger partial charge < -0.3 is 9.64 Å². The Morgan fingerprint density at radius 3 is 2.68 bits per heavy atom. The molecular weight excluding hydrogens is 312 g/mol. The molecule has 2 atom stereocenters. The van der Waals surface area contributed by atoms with E-state index in [0.29, 0.717) is 11.5 Å². The van der Waals surface area contributed by atoms with Gasteiger partial charge in [-0.15, -0.1) is 0 Å². The van der Waals surface area contributed by atoms with Gasteiger partial charge in [0.15, 0.2) is 0 Å². The molecule has 0 bridgehead atoms. The number of ether oxygens (including phenoxy) is 1. The van der Waals surface area contributed by atoms with Gasteiger partial charge in [0, 0.05) is 38.0 Å². The van der Waals surface area contributed by atoms with Crippen molar-refractivity contribution in [2.75, 3.05) is 20.2 Å². The van der Waals surface area contributed by atoms with Crippen molar-refractivity contribution in [3.63, 3.8) is 0 Å². The molecule has 1 aliphatic rings. The Morgan fingerprint density at radius 2 is 2.04 bits per heavy atom. The van der Waals surface area contributed by atoms with Crippen LogP contribution in [-0.2, 0) is 17.6 Å². The second kappa shape index (κ2) is 8.26. The summed E-state index contributed by atoms with van der Waals surface area (Å²) in [5.74, 6) is 0.385. The third-order valence-electron chi connectivity index (χ3n) is 5.03. The third-order valence-corrected chi connectivity index (χ3v) is 5.03. The number of aryl methyl sites for hydroxylation is 1. The number of amides is 1. The molecule has 1 aliphatic heterocycles. The normalized spacial score (nSPS) is 20.5. The zero-order valence-corrected chi connectivity index (χ0v) is 15.0. The summed E-state index contributed by atoms with van der Waals surface area (Å²) in [5.41, 5.74) is 2.97. The van der Waals surface area contributed by atoms with Gasteiger partial charge in [-0.1, -0.05) is 37.3 Å². The average Bonchev–Trinajstić information content (AvgIpc) is 2.68. The first kappa shape index (κ1) is 17.6. The van der Waals surface area contributed by atoms with Crippen LogP contribution in [0.25, 0.3) is 0 Å². The molecule has 0 saturated carbocycles. The molecule has 3 rings (SSSR count). The van der Waals surface area contributed by atoms with E-state index in [9.17, 15) is 4.79 Å². The fraction of sp³-hybridized carbons (Fsp3) is 0.429. The molecule has 4 nitrogen and oxygen atoms in total. The molecule has 2 heterocycles. The van der Waals surface area contributed by atoms with Gasteiger partial charge in [0.25, 0.3) is 5.91 Å². The number of aromatic nitrogens is 1. The highest BCUT2D eigenvalue weighted by Crippen LogP contribution is 2.25. The van der Waals surface area contributed by atoms with Gasteiger partial charge in [-0.2, -0.15) is 0 Å². The van der Waals surface area contributed by atoms with E-state index in [4.69, 9.17) is 4.74 Å². The lowest BCUT2D eigenvalue weighted by Crippen LogP contribution is -2.47. The van der Waals surface area contributed by atoms with Gasteiger partial charge in [-0.25, -0.2) is 0 Å². The first-order valence-corrected chi connectivity index (χ1v) is 9.02. The van der Waals surface area contributed by atoms with E-state index in [2.05, 4.69) is 36.2 Å². The second-order valence-corrected chi connectivity index (χ2v) is 6.66. The molecule has 1 aromatic carbocycles. The van der Waals surface area contributed by atoms with Gasteiger partial charge in [0.1, 0.15) is 0 Å². The summed E-state index contributed by atoms with van der Waals surface area (Å²) in [6.07, 6.45) is 4.59. The molecule has 0 radical (unpaired) electrons. The lowest BCUT2D eigenvalue weighted by molar-refractivity contribution is -0.00300. The van der Waals surface area contributed by atoms with E-state index in [1.807, 2.05) is 23.1 Å². The Hall–Kier alpha value is -2.20. The van der Waals surface area contributed by atoms with Crippen molar-refractivity contribution in [1.29, 1.82) is 0 Å². The Kier molecular flexibility index (Phi) is 5.82. The molecule has 0 aliphatic carbocycles. The van der Waals surface area contributed by atoms with E-state index in [-0.39, 0.29) is 12.0 Å². The van der Waals surface area contributed by atoms with Crippen LogP contribution in [0.3, 0.4) is 0 Å². The molecule has 0 unspecified atom stereocenters. The number of pyridine rings is 1. The number of benzene rings is 1. The van der Waals surface area contributed by atoms with Crippen molar-refractivity contribution >= 4 is 5.91 Å². The molecule has 132 valence electrons. The predicted molar refractivity (Wildman–Crippen MR) is 98.6 cm³/mol. The third kappa shape index (κ3) is 4.26. The van der Waals surface area contributed by atoms with Crippen LogP contribution in [0, 0.1) is 5.92 Å². The number of carbonyl (C=O) groups is 1. The predicted octanol–water partition coefficient (Wildman–Crippen LogP) is 3.36. The van der Waals surface area contributed by atoms with Gasteiger partial charge in [-0.3, -0.25) is 9.78 Å². The fourth-order valence-corrected chi connectivity index (χ4v) is 3.56. The monoisotopic (exact) mass is 338 g/mol. The lowest BCUT2D eigenvalue weighted by atomic mass is 9.88. The highest BCUT2D eigenvalue weighted by atomic mass is 16.5. The van der Waals surface area contributed by atoms with Gasteiger partial charge in [-0.05, 0) is 37.0 Å². The summed E-state index contributed by atoms with van der Waals surface area (Å²) in [5, 5.41) is 0. The van der Waals surface area contributed by atoms with Crippen molar-refractivity contribution in [2.24, 2.45) is 5.92 Å². The van der Waals surface area contributed by atoms with E-state index in [1.54, 1.807) is 13.3 Å². The molecule has 1 amide bonds. The van der Waals surface area contributed by atoms with Gasteiger partial charge in [0.2, 0.25) is 0 Å². The molecule has 1 saturated heterocycles. The molecule has 0 N–H and O–H groups in total. The van der Waals surface area contributed by atoms with Crippen LogP contribution in [0.5, 0.6) is 0 Å². The largest absolute Gasteiger partial charge is 0.381 e. The molecule has 25 heavy (non-hydrogen) atoms. The topological polar surface area (TPSA) is 42.4 Å². The molecule has 1 aromatic heterocycles. The Balaban J connectivity index is 1.71.